The standard InChI is InChI=1S/C17H16F2N2/c1-10(9-20)16-14-8-13(19)6-7-15(14)21-17(16)11-2-4-12(18)5-3-11/h2-8,10,21H,9,20H2,1H3. The summed E-state index contributed by atoms with van der Waals surface area (Å²) in [4.78, 5) is 3.30. The smallest absolute Gasteiger partial charge is 0.123 e. The Bertz CT molecular complexity index is 775. The molecule has 0 radical (unpaired) electrons. The third-order valence-corrected chi connectivity index (χ3v) is 3.78. The van der Waals surface area contributed by atoms with Crippen LogP contribution in [0.3, 0.4) is 0 Å². The molecule has 0 spiro atoms. The maximum Gasteiger partial charge on any atom is 0.123 e. The van der Waals surface area contributed by atoms with Gasteiger partial charge in [-0.1, -0.05) is 6.92 Å². The molecule has 1 heterocycles. The second-order valence-corrected chi connectivity index (χ2v) is 5.25. The minimum Gasteiger partial charge on any atom is -0.354 e. The van der Waals surface area contributed by atoms with Gasteiger partial charge in [0.25, 0.3) is 0 Å². The zero-order valence-corrected chi connectivity index (χ0v) is 11.7. The molecule has 0 saturated heterocycles. The van der Waals surface area contributed by atoms with Crippen LogP contribution < -0.4 is 5.73 Å². The molecular weight excluding hydrogens is 270 g/mol. The van der Waals surface area contributed by atoms with E-state index in [0.29, 0.717) is 6.54 Å². The van der Waals surface area contributed by atoms with Crippen molar-refractivity contribution in [2.75, 3.05) is 6.54 Å². The first-order valence-electron chi connectivity index (χ1n) is 6.87. The topological polar surface area (TPSA) is 41.8 Å². The van der Waals surface area contributed by atoms with E-state index < -0.39 is 0 Å². The van der Waals surface area contributed by atoms with Crippen molar-refractivity contribution in [1.82, 2.24) is 4.98 Å². The fraction of sp³-hybridized carbons (Fsp3) is 0.176. The fourth-order valence-electron chi connectivity index (χ4n) is 2.66. The Kier molecular flexibility index (Phi) is 3.47. The van der Waals surface area contributed by atoms with Gasteiger partial charge < -0.3 is 10.7 Å². The minimum absolute atomic E-state index is 0.0700. The van der Waals surface area contributed by atoms with E-state index in [0.717, 1.165) is 27.7 Å². The van der Waals surface area contributed by atoms with Gasteiger partial charge in [0.05, 0.1) is 5.69 Å². The first-order valence-corrected chi connectivity index (χ1v) is 6.87. The van der Waals surface area contributed by atoms with Crippen LogP contribution in [0.2, 0.25) is 0 Å². The van der Waals surface area contributed by atoms with Gasteiger partial charge in [-0.05, 0) is 66.1 Å². The molecule has 0 saturated carbocycles. The number of nitrogens with one attached hydrogen (secondary N) is 1. The van der Waals surface area contributed by atoms with Gasteiger partial charge in [-0.15, -0.1) is 0 Å². The van der Waals surface area contributed by atoms with E-state index >= 15 is 0 Å². The highest BCUT2D eigenvalue weighted by Gasteiger charge is 2.18. The summed E-state index contributed by atoms with van der Waals surface area (Å²) in [6.07, 6.45) is 0. The molecule has 1 atom stereocenters. The lowest BCUT2D eigenvalue weighted by Crippen LogP contribution is -2.09. The summed E-state index contributed by atoms with van der Waals surface area (Å²) in [5, 5.41) is 0.826. The number of nitrogens with two attached hydrogens (primary N) is 1. The van der Waals surface area contributed by atoms with E-state index in [1.54, 1.807) is 18.2 Å². The Morgan fingerprint density at radius 1 is 1.05 bits per heavy atom. The quantitative estimate of drug-likeness (QED) is 0.745. The predicted molar refractivity (Wildman–Crippen MR) is 81.1 cm³/mol. The monoisotopic (exact) mass is 286 g/mol. The second-order valence-electron chi connectivity index (χ2n) is 5.25. The average Bonchev–Trinajstić information content (AvgIpc) is 2.85. The third kappa shape index (κ3) is 2.43. The summed E-state index contributed by atoms with van der Waals surface area (Å²) in [5.74, 6) is -0.493. The Labute approximate surface area is 121 Å². The van der Waals surface area contributed by atoms with Gasteiger partial charge >= 0.3 is 0 Å². The Balaban J connectivity index is 2.28. The number of hydrogen-bond donors (Lipinski definition) is 2. The highest BCUT2D eigenvalue weighted by Crippen LogP contribution is 2.35. The molecular formula is C17H16F2N2. The molecule has 0 bridgehead atoms. The van der Waals surface area contributed by atoms with E-state index in [1.807, 2.05) is 6.92 Å². The number of aromatic nitrogens is 1. The summed E-state index contributed by atoms with van der Waals surface area (Å²) in [6.45, 7) is 2.46. The second kappa shape index (κ2) is 5.30. The molecule has 0 aliphatic carbocycles. The van der Waals surface area contributed by atoms with E-state index in [9.17, 15) is 8.78 Å². The molecule has 4 heteroatoms. The van der Waals surface area contributed by atoms with E-state index in [4.69, 9.17) is 5.73 Å². The molecule has 0 aliphatic heterocycles. The van der Waals surface area contributed by atoms with Crippen molar-refractivity contribution >= 4 is 10.9 Å². The number of halogens is 2. The third-order valence-electron chi connectivity index (χ3n) is 3.78. The average molecular weight is 286 g/mol. The van der Waals surface area contributed by atoms with Crippen molar-refractivity contribution in [2.45, 2.75) is 12.8 Å². The lowest BCUT2D eigenvalue weighted by molar-refractivity contribution is 0.628. The van der Waals surface area contributed by atoms with Gasteiger partial charge in [0.1, 0.15) is 11.6 Å². The number of aromatic amines is 1. The SMILES string of the molecule is CC(CN)c1c(-c2ccc(F)cc2)[nH]c2ccc(F)cc12. The lowest BCUT2D eigenvalue weighted by Gasteiger charge is -2.11. The molecule has 0 fully saturated rings. The zero-order valence-electron chi connectivity index (χ0n) is 11.7. The van der Waals surface area contributed by atoms with Gasteiger partial charge in [0.15, 0.2) is 0 Å². The van der Waals surface area contributed by atoms with Gasteiger partial charge in [0, 0.05) is 10.9 Å². The largest absolute Gasteiger partial charge is 0.354 e. The van der Waals surface area contributed by atoms with Gasteiger partial charge in [-0.25, -0.2) is 8.78 Å². The highest BCUT2D eigenvalue weighted by molar-refractivity contribution is 5.91. The van der Waals surface area contributed by atoms with E-state index in [1.165, 1.54) is 24.3 Å². The van der Waals surface area contributed by atoms with Crippen molar-refractivity contribution < 1.29 is 8.78 Å². The van der Waals surface area contributed by atoms with Gasteiger partial charge in [-0.2, -0.15) is 0 Å². The fourth-order valence-corrected chi connectivity index (χ4v) is 2.66. The molecule has 3 rings (SSSR count). The maximum atomic E-state index is 13.6. The van der Waals surface area contributed by atoms with Crippen molar-refractivity contribution in [2.24, 2.45) is 5.73 Å². The van der Waals surface area contributed by atoms with Crippen LogP contribution in [0.1, 0.15) is 18.4 Å². The van der Waals surface area contributed by atoms with Crippen LogP contribution in [0, 0.1) is 11.6 Å². The molecule has 3 N–H and O–H groups in total. The molecule has 2 aromatic carbocycles. The Morgan fingerprint density at radius 3 is 2.38 bits per heavy atom. The molecule has 1 aromatic heterocycles. The Hall–Kier alpha value is -2.20. The Morgan fingerprint density at radius 2 is 1.71 bits per heavy atom. The zero-order chi connectivity index (χ0) is 15.0. The van der Waals surface area contributed by atoms with Crippen LogP contribution in [-0.2, 0) is 0 Å². The summed E-state index contributed by atoms with van der Waals surface area (Å²) in [7, 11) is 0. The highest BCUT2D eigenvalue weighted by atomic mass is 19.1. The van der Waals surface area contributed by atoms with Crippen LogP contribution in [0.15, 0.2) is 42.5 Å². The number of H-pyrrole nitrogens is 1. The van der Waals surface area contributed by atoms with Gasteiger partial charge in [0.2, 0.25) is 0 Å². The number of rotatable bonds is 3. The molecule has 3 aromatic rings. The number of benzene rings is 2. The summed E-state index contributed by atoms with van der Waals surface area (Å²) < 4.78 is 26.7. The van der Waals surface area contributed by atoms with Crippen LogP contribution in [0.4, 0.5) is 8.78 Å². The summed E-state index contributed by atoms with van der Waals surface area (Å²) in [5.41, 5.74) is 9.35. The van der Waals surface area contributed by atoms with Crippen LogP contribution >= 0.6 is 0 Å². The molecule has 0 aliphatic rings. The summed E-state index contributed by atoms with van der Waals surface area (Å²) in [6, 6.07) is 10.9. The molecule has 21 heavy (non-hydrogen) atoms. The van der Waals surface area contributed by atoms with Crippen molar-refractivity contribution in [1.29, 1.82) is 0 Å². The van der Waals surface area contributed by atoms with Crippen LogP contribution in [0.5, 0.6) is 0 Å². The van der Waals surface area contributed by atoms with Crippen molar-refractivity contribution in [3.8, 4) is 11.3 Å². The number of hydrogen-bond acceptors (Lipinski definition) is 1. The van der Waals surface area contributed by atoms with Crippen LogP contribution in [-0.4, -0.2) is 11.5 Å². The molecule has 0 amide bonds. The lowest BCUT2D eigenvalue weighted by atomic mass is 9.95. The van der Waals surface area contributed by atoms with Crippen LogP contribution in [0.25, 0.3) is 22.2 Å². The molecule has 1 unspecified atom stereocenters. The van der Waals surface area contributed by atoms with Gasteiger partial charge in [-0.3, -0.25) is 0 Å². The minimum atomic E-state index is -0.283. The molecule has 108 valence electrons. The van der Waals surface area contributed by atoms with E-state index in [2.05, 4.69) is 4.98 Å². The predicted octanol–water partition coefficient (Wildman–Crippen LogP) is 4.18. The normalized spacial score (nSPS) is 12.8. The number of fused-ring (bicyclic) bond motifs is 1. The molecule has 2 nitrogen and oxygen atoms in total. The first-order chi connectivity index (χ1) is 10.1. The maximum absolute atomic E-state index is 13.6. The summed E-state index contributed by atoms with van der Waals surface area (Å²) >= 11 is 0. The van der Waals surface area contributed by atoms with Crippen molar-refractivity contribution in [3.05, 3.63) is 59.7 Å². The first kappa shape index (κ1) is 13.8. The van der Waals surface area contributed by atoms with Crippen molar-refractivity contribution in [3.63, 3.8) is 0 Å². The van der Waals surface area contributed by atoms with E-state index in [-0.39, 0.29) is 17.6 Å².